The van der Waals surface area contributed by atoms with E-state index in [1.807, 2.05) is 0 Å². The Balaban J connectivity index is 1.74. The number of piperidine rings is 1. The minimum atomic E-state index is 0.545. The standard InChI is InChI=1S/C13H26N2/c1-3-13(5-4-8-14-10-13)11-15-9-12(2)6-7-12/h14-15H,3-11H2,1-2H3. The first-order chi connectivity index (χ1) is 7.18. The Morgan fingerprint density at radius 1 is 1.20 bits per heavy atom. The first kappa shape index (κ1) is 11.4. The number of rotatable bonds is 5. The highest BCUT2D eigenvalue weighted by atomic mass is 15.0. The van der Waals surface area contributed by atoms with Crippen LogP contribution in [-0.2, 0) is 0 Å². The minimum absolute atomic E-state index is 0.545. The third kappa shape index (κ3) is 2.94. The highest BCUT2D eigenvalue weighted by Gasteiger charge is 2.37. The fraction of sp³-hybridized carbons (Fsp3) is 1.00. The zero-order valence-electron chi connectivity index (χ0n) is 10.4. The Morgan fingerprint density at radius 2 is 2.00 bits per heavy atom. The molecule has 2 heteroatoms. The average molecular weight is 210 g/mol. The van der Waals surface area contributed by atoms with Crippen molar-refractivity contribution in [3.8, 4) is 0 Å². The topological polar surface area (TPSA) is 24.1 Å². The predicted molar refractivity (Wildman–Crippen MR) is 65.0 cm³/mol. The van der Waals surface area contributed by atoms with Gasteiger partial charge in [0.1, 0.15) is 0 Å². The van der Waals surface area contributed by atoms with Gasteiger partial charge >= 0.3 is 0 Å². The van der Waals surface area contributed by atoms with E-state index in [9.17, 15) is 0 Å². The summed E-state index contributed by atoms with van der Waals surface area (Å²) in [6.07, 6.45) is 6.92. The maximum Gasteiger partial charge on any atom is 0.00201 e. The van der Waals surface area contributed by atoms with E-state index in [0.717, 1.165) is 0 Å². The van der Waals surface area contributed by atoms with Gasteiger partial charge in [-0.05, 0) is 49.5 Å². The number of nitrogens with one attached hydrogen (secondary N) is 2. The molecular weight excluding hydrogens is 184 g/mol. The summed E-state index contributed by atoms with van der Waals surface area (Å²) in [5, 5.41) is 7.26. The fourth-order valence-corrected chi connectivity index (χ4v) is 2.63. The van der Waals surface area contributed by atoms with Crippen molar-refractivity contribution in [2.75, 3.05) is 26.2 Å². The molecule has 0 aromatic rings. The normalized spacial score (nSPS) is 34.0. The van der Waals surface area contributed by atoms with Crippen molar-refractivity contribution in [2.24, 2.45) is 10.8 Å². The van der Waals surface area contributed by atoms with E-state index >= 15 is 0 Å². The summed E-state index contributed by atoms with van der Waals surface area (Å²) >= 11 is 0. The predicted octanol–water partition coefficient (Wildman–Crippen LogP) is 2.16. The third-order valence-electron chi connectivity index (χ3n) is 4.47. The Morgan fingerprint density at radius 3 is 2.53 bits per heavy atom. The smallest absolute Gasteiger partial charge is 0.00201 e. The van der Waals surface area contributed by atoms with Gasteiger partial charge in [0.2, 0.25) is 0 Å². The third-order valence-corrected chi connectivity index (χ3v) is 4.47. The van der Waals surface area contributed by atoms with E-state index in [-0.39, 0.29) is 0 Å². The molecule has 88 valence electrons. The van der Waals surface area contributed by atoms with Gasteiger partial charge in [-0.25, -0.2) is 0 Å². The molecule has 2 fully saturated rings. The molecule has 1 heterocycles. The van der Waals surface area contributed by atoms with Gasteiger partial charge in [-0.15, -0.1) is 0 Å². The summed E-state index contributed by atoms with van der Waals surface area (Å²) in [7, 11) is 0. The average Bonchev–Trinajstić information content (AvgIpc) is 2.98. The van der Waals surface area contributed by atoms with Crippen LogP contribution in [0.3, 0.4) is 0 Å². The lowest BCUT2D eigenvalue weighted by Gasteiger charge is -2.37. The van der Waals surface area contributed by atoms with E-state index in [1.165, 1.54) is 58.3 Å². The first-order valence-electron chi connectivity index (χ1n) is 6.60. The molecule has 0 spiro atoms. The second kappa shape index (κ2) is 4.42. The van der Waals surface area contributed by atoms with Crippen LogP contribution < -0.4 is 10.6 Å². The van der Waals surface area contributed by atoms with Gasteiger partial charge < -0.3 is 10.6 Å². The zero-order valence-corrected chi connectivity index (χ0v) is 10.4. The molecule has 1 unspecified atom stereocenters. The summed E-state index contributed by atoms with van der Waals surface area (Å²) in [5.41, 5.74) is 1.19. The SMILES string of the molecule is CCC1(CNCC2(C)CC2)CCCNC1. The highest BCUT2D eigenvalue weighted by molar-refractivity contribution is 4.92. The minimum Gasteiger partial charge on any atom is -0.316 e. The number of hydrogen-bond acceptors (Lipinski definition) is 2. The fourth-order valence-electron chi connectivity index (χ4n) is 2.63. The number of hydrogen-bond donors (Lipinski definition) is 2. The second-order valence-corrected chi connectivity index (χ2v) is 6.05. The van der Waals surface area contributed by atoms with Gasteiger partial charge in [-0.3, -0.25) is 0 Å². The van der Waals surface area contributed by atoms with Gasteiger partial charge in [-0.2, -0.15) is 0 Å². The second-order valence-electron chi connectivity index (χ2n) is 6.05. The molecule has 0 radical (unpaired) electrons. The molecule has 1 saturated heterocycles. The molecule has 1 saturated carbocycles. The van der Waals surface area contributed by atoms with Gasteiger partial charge in [0, 0.05) is 19.6 Å². The quantitative estimate of drug-likeness (QED) is 0.726. The highest BCUT2D eigenvalue weighted by Crippen LogP contribution is 2.44. The molecule has 2 nitrogen and oxygen atoms in total. The Kier molecular flexibility index (Phi) is 3.36. The van der Waals surface area contributed by atoms with Crippen molar-refractivity contribution in [1.82, 2.24) is 10.6 Å². The van der Waals surface area contributed by atoms with Crippen LogP contribution in [0.1, 0.15) is 46.0 Å². The van der Waals surface area contributed by atoms with Crippen LogP contribution in [0.15, 0.2) is 0 Å². The summed E-state index contributed by atoms with van der Waals surface area (Å²) in [4.78, 5) is 0. The molecule has 2 N–H and O–H groups in total. The molecule has 1 atom stereocenters. The van der Waals surface area contributed by atoms with Gasteiger partial charge in [0.15, 0.2) is 0 Å². The van der Waals surface area contributed by atoms with Crippen LogP contribution in [0.5, 0.6) is 0 Å². The summed E-state index contributed by atoms with van der Waals surface area (Å²) in [6.45, 7) is 9.62. The van der Waals surface area contributed by atoms with Crippen molar-refractivity contribution >= 4 is 0 Å². The lowest BCUT2D eigenvalue weighted by molar-refractivity contribution is 0.189. The van der Waals surface area contributed by atoms with Crippen LogP contribution in [0.2, 0.25) is 0 Å². The van der Waals surface area contributed by atoms with E-state index in [0.29, 0.717) is 10.8 Å². The van der Waals surface area contributed by atoms with Crippen molar-refractivity contribution in [2.45, 2.75) is 46.0 Å². The van der Waals surface area contributed by atoms with E-state index in [1.54, 1.807) is 0 Å². The lowest BCUT2D eigenvalue weighted by atomic mass is 9.78. The molecule has 2 rings (SSSR count). The largest absolute Gasteiger partial charge is 0.316 e. The Labute approximate surface area is 94.2 Å². The monoisotopic (exact) mass is 210 g/mol. The summed E-state index contributed by atoms with van der Waals surface area (Å²) < 4.78 is 0. The molecule has 2 aliphatic rings. The molecule has 1 aliphatic heterocycles. The maximum atomic E-state index is 3.71. The van der Waals surface area contributed by atoms with Crippen molar-refractivity contribution < 1.29 is 0 Å². The van der Waals surface area contributed by atoms with Crippen molar-refractivity contribution in [3.05, 3.63) is 0 Å². The molecule has 0 amide bonds. The molecule has 0 bridgehead atoms. The van der Waals surface area contributed by atoms with Crippen LogP contribution >= 0.6 is 0 Å². The van der Waals surface area contributed by atoms with Gasteiger partial charge in [-0.1, -0.05) is 13.8 Å². The Hall–Kier alpha value is -0.0800. The van der Waals surface area contributed by atoms with Gasteiger partial charge in [0.05, 0.1) is 0 Å². The Bertz CT molecular complexity index is 203. The summed E-state index contributed by atoms with van der Waals surface area (Å²) in [5.74, 6) is 0. The molecule has 0 aromatic heterocycles. The van der Waals surface area contributed by atoms with E-state index in [2.05, 4.69) is 24.5 Å². The van der Waals surface area contributed by atoms with E-state index in [4.69, 9.17) is 0 Å². The van der Waals surface area contributed by atoms with Crippen molar-refractivity contribution in [3.63, 3.8) is 0 Å². The lowest BCUT2D eigenvalue weighted by Crippen LogP contribution is -2.46. The van der Waals surface area contributed by atoms with Crippen LogP contribution in [0, 0.1) is 10.8 Å². The van der Waals surface area contributed by atoms with Crippen molar-refractivity contribution in [1.29, 1.82) is 0 Å². The molecule has 1 aliphatic carbocycles. The molecule has 0 aromatic carbocycles. The van der Waals surface area contributed by atoms with E-state index < -0.39 is 0 Å². The van der Waals surface area contributed by atoms with Crippen LogP contribution in [0.4, 0.5) is 0 Å². The van der Waals surface area contributed by atoms with Crippen LogP contribution in [-0.4, -0.2) is 26.2 Å². The van der Waals surface area contributed by atoms with Gasteiger partial charge in [0.25, 0.3) is 0 Å². The maximum absolute atomic E-state index is 3.71. The zero-order chi connectivity index (χ0) is 10.8. The molecular formula is C13H26N2. The van der Waals surface area contributed by atoms with Crippen LogP contribution in [0.25, 0.3) is 0 Å². The first-order valence-corrected chi connectivity index (χ1v) is 6.60. The molecule has 15 heavy (non-hydrogen) atoms. The summed E-state index contributed by atoms with van der Waals surface area (Å²) in [6, 6.07) is 0.